The average Bonchev–Trinajstić information content (AvgIpc) is 2.50. The average molecular weight is 269 g/mol. The van der Waals surface area contributed by atoms with Gasteiger partial charge in [0.05, 0.1) is 5.52 Å². The monoisotopic (exact) mass is 269 g/mol. The first-order chi connectivity index (χ1) is 9.85. The lowest BCUT2D eigenvalue weighted by atomic mass is 10.1. The van der Waals surface area contributed by atoms with Crippen molar-refractivity contribution in [2.45, 2.75) is 19.8 Å². The van der Waals surface area contributed by atoms with Crippen LogP contribution in [0.2, 0.25) is 0 Å². The van der Waals surface area contributed by atoms with E-state index in [9.17, 15) is 0 Å². The van der Waals surface area contributed by atoms with Gasteiger partial charge in [0.25, 0.3) is 0 Å². The molecule has 0 saturated carbocycles. The summed E-state index contributed by atoms with van der Waals surface area (Å²) in [6.45, 7) is 4.45. The second kappa shape index (κ2) is 7.46. The molecular formula is C16H19N3O. The third-order valence-corrected chi connectivity index (χ3v) is 3.07. The summed E-state index contributed by atoms with van der Waals surface area (Å²) in [5.41, 5.74) is 2.27. The number of pyridine rings is 1. The van der Waals surface area contributed by atoms with Crippen molar-refractivity contribution < 1.29 is 4.74 Å². The van der Waals surface area contributed by atoms with Gasteiger partial charge in [0.1, 0.15) is 11.8 Å². The first-order valence-electron chi connectivity index (χ1n) is 6.96. The van der Waals surface area contributed by atoms with Gasteiger partial charge in [0, 0.05) is 30.8 Å². The predicted octanol–water partition coefficient (Wildman–Crippen LogP) is 3.34. The minimum absolute atomic E-state index is 0.445. The number of benzene rings is 1. The Kier molecular flexibility index (Phi) is 5.33. The maximum absolute atomic E-state index is 9.03. The Morgan fingerprint density at radius 1 is 1.30 bits per heavy atom. The zero-order valence-electron chi connectivity index (χ0n) is 11.7. The fourth-order valence-corrected chi connectivity index (χ4v) is 2.08. The van der Waals surface area contributed by atoms with Gasteiger partial charge in [0.15, 0.2) is 0 Å². The molecule has 0 unspecified atom stereocenters. The summed E-state index contributed by atoms with van der Waals surface area (Å²) < 4.78 is 5.31. The summed E-state index contributed by atoms with van der Waals surface area (Å²) >= 11 is 0. The Bertz CT molecular complexity index is 604. The first-order valence-corrected chi connectivity index (χ1v) is 6.96. The molecule has 0 radical (unpaired) electrons. The molecule has 0 bridgehead atoms. The summed E-state index contributed by atoms with van der Waals surface area (Å²) in [5, 5.41) is 13.5. The number of nitrogens with zero attached hydrogens (tertiary/aromatic N) is 2. The van der Waals surface area contributed by atoms with Crippen LogP contribution in [0.15, 0.2) is 30.3 Å². The Labute approximate surface area is 119 Å². The van der Waals surface area contributed by atoms with Crippen LogP contribution in [0.4, 0.5) is 5.69 Å². The van der Waals surface area contributed by atoms with Gasteiger partial charge in [-0.3, -0.25) is 0 Å². The van der Waals surface area contributed by atoms with Crippen LogP contribution < -0.4 is 5.32 Å². The minimum Gasteiger partial charge on any atom is -0.384 e. The van der Waals surface area contributed by atoms with Crippen LogP contribution in [-0.2, 0) is 4.74 Å². The molecule has 1 N–H and O–H groups in total. The van der Waals surface area contributed by atoms with Crippen molar-refractivity contribution in [1.29, 1.82) is 5.26 Å². The largest absolute Gasteiger partial charge is 0.384 e. The maximum atomic E-state index is 9.03. The van der Waals surface area contributed by atoms with Crippen LogP contribution in [0.25, 0.3) is 10.9 Å². The number of ether oxygens (including phenoxy) is 1. The Hall–Kier alpha value is -2.12. The van der Waals surface area contributed by atoms with Crippen molar-refractivity contribution in [2.75, 3.05) is 25.1 Å². The van der Waals surface area contributed by atoms with E-state index >= 15 is 0 Å². The lowest BCUT2D eigenvalue weighted by molar-refractivity contribution is 0.144. The molecule has 1 aromatic heterocycles. The smallest absolute Gasteiger partial charge is 0.143 e. The highest BCUT2D eigenvalue weighted by Crippen LogP contribution is 2.22. The zero-order chi connectivity index (χ0) is 14.2. The maximum Gasteiger partial charge on any atom is 0.143 e. The number of rotatable bonds is 7. The number of fused-ring (bicyclic) bond motifs is 1. The number of nitriles is 1. The third-order valence-electron chi connectivity index (χ3n) is 3.07. The molecular weight excluding hydrogens is 250 g/mol. The topological polar surface area (TPSA) is 57.9 Å². The van der Waals surface area contributed by atoms with Gasteiger partial charge in [-0.05, 0) is 31.9 Å². The van der Waals surface area contributed by atoms with Crippen LogP contribution in [-0.4, -0.2) is 24.7 Å². The standard InChI is InChI=1S/C16H19N3O/c1-2-20-10-6-5-9-18-16-11-13(12-17)19-15-8-4-3-7-14(15)16/h3-4,7-8,11H,2,5-6,9-10H2,1H3,(H,18,19). The number of aromatic nitrogens is 1. The molecule has 0 aliphatic rings. The highest BCUT2D eigenvalue weighted by Gasteiger charge is 2.04. The van der Waals surface area contributed by atoms with Crippen LogP contribution >= 0.6 is 0 Å². The number of anilines is 1. The molecule has 104 valence electrons. The second-order valence-electron chi connectivity index (χ2n) is 4.51. The Morgan fingerprint density at radius 2 is 2.15 bits per heavy atom. The highest BCUT2D eigenvalue weighted by molar-refractivity contribution is 5.91. The molecule has 0 spiro atoms. The van der Waals surface area contributed by atoms with Gasteiger partial charge in [0.2, 0.25) is 0 Å². The van der Waals surface area contributed by atoms with Crippen LogP contribution in [0.5, 0.6) is 0 Å². The molecule has 1 aromatic carbocycles. The van der Waals surface area contributed by atoms with Crippen molar-refractivity contribution in [3.05, 3.63) is 36.0 Å². The molecule has 2 aromatic rings. The van der Waals surface area contributed by atoms with E-state index in [-0.39, 0.29) is 0 Å². The number of para-hydroxylation sites is 1. The molecule has 0 fully saturated rings. The summed E-state index contributed by atoms with van der Waals surface area (Å²) in [6.07, 6.45) is 2.08. The normalized spacial score (nSPS) is 10.4. The number of nitrogens with one attached hydrogen (secondary N) is 1. The minimum atomic E-state index is 0.445. The number of hydrogen-bond donors (Lipinski definition) is 1. The lowest BCUT2D eigenvalue weighted by Crippen LogP contribution is -2.05. The van der Waals surface area contributed by atoms with Crippen molar-refractivity contribution in [3.63, 3.8) is 0 Å². The van der Waals surface area contributed by atoms with E-state index in [1.165, 1.54) is 0 Å². The second-order valence-corrected chi connectivity index (χ2v) is 4.51. The molecule has 0 aliphatic heterocycles. The lowest BCUT2D eigenvalue weighted by Gasteiger charge is -2.10. The van der Waals surface area contributed by atoms with E-state index in [1.54, 1.807) is 0 Å². The molecule has 0 saturated heterocycles. The number of unbranched alkanes of at least 4 members (excludes halogenated alkanes) is 1. The van der Waals surface area contributed by atoms with Gasteiger partial charge < -0.3 is 10.1 Å². The molecule has 0 aliphatic carbocycles. The molecule has 4 nitrogen and oxygen atoms in total. The van der Waals surface area contributed by atoms with Crippen molar-refractivity contribution >= 4 is 16.6 Å². The van der Waals surface area contributed by atoms with Crippen molar-refractivity contribution in [3.8, 4) is 6.07 Å². The summed E-state index contributed by atoms with van der Waals surface area (Å²) in [6, 6.07) is 11.8. The molecule has 20 heavy (non-hydrogen) atoms. The third kappa shape index (κ3) is 3.69. The Morgan fingerprint density at radius 3 is 2.95 bits per heavy atom. The van der Waals surface area contributed by atoms with E-state index in [1.807, 2.05) is 37.3 Å². The number of hydrogen-bond acceptors (Lipinski definition) is 4. The van der Waals surface area contributed by atoms with Crippen LogP contribution in [0.1, 0.15) is 25.5 Å². The van der Waals surface area contributed by atoms with E-state index < -0.39 is 0 Å². The molecule has 0 atom stereocenters. The molecule has 4 heteroatoms. The Balaban J connectivity index is 2.03. The summed E-state index contributed by atoms with van der Waals surface area (Å²) in [5.74, 6) is 0. The van der Waals surface area contributed by atoms with E-state index in [0.29, 0.717) is 5.69 Å². The van der Waals surface area contributed by atoms with Gasteiger partial charge >= 0.3 is 0 Å². The van der Waals surface area contributed by atoms with Gasteiger partial charge in [-0.2, -0.15) is 5.26 Å². The van der Waals surface area contributed by atoms with Gasteiger partial charge in [-0.1, -0.05) is 18.2 Å². The molecule has 0 amide bonds. The SMILES string of the molecule is CCOCCCCNc1cc(C#N)nc2ccccc12. The van der Waals surface area contributed by atoms with E-state index in [4.69, 9.17) is 10.00 Å². The zero-order valence-corrected chi connectivity index (χ0v) is 11.7. The van der Waals surface area contributed by atoms with Crippen molar-refractivity contribution in [2.24, 2.45) is 0 Å². The van der Waals surface area contributed by atoms with Crippen LogP contribution in [0.3, 0.4) is 0 Å². The van der Waals surface area contributed by atoms with Gasteiger partial charge in [-0.25, -0.2) is 4.98 Å². The van der Waals surface area contributed by atoms with Crippen molar-refractivity contribution in [1.82, 2.24) is 4.98 Å². The predicted molar refractivity (Wildman–Crippen MR) is 80.7 cm³/mol. The fourth-order valence-electron chi connectivity index (χ4n) is 2.08. The summed E-state index contributed by atoms with van der Waals surface area (Å²) in [4.78, 5) is 4.30. The van der Waals surface area contributed by atoms with E-state index in [0.717, 1.165) is 49.2 Å². The van der Waals surface area contributed by atoms with E-state index in [2.05, 4.69) is 16.4 Å². The summed E-state index contributed by atoms with van der Waals surface area (Å²) in [7, 11) is 0. The van der Waals surface area contributed by atoms with Crippen LogP contribution in [0, 0.1) is 11.3 Å². The fraction of sp³-hybridized carbons (Fsp3) is 0.375. The van der Waals surface area contributed by atoms with Gasteiger partial charge in [-0.15, -0.1) is 0 Å². The first kappa shape index (κ1) is 14.3. The molecule has 1 heterocycles. The highest BCUT2D eigenvalue weighted by atomic mass is 16.5. The molecule has 2 rings (SSSR count). The quantitative estimate of drug-likeness (QED) is 0.783.